The highest BCUT2D eigenvalue weighted by Gasteiger charge is 2.12. The van der Waals surface area contributed by atoms with Crippen molar-refractivity contribution in [2.75, 3.05) is 17.7 Å². The van der Waals surface area contributed by atoms with Gasteiger partial charge in [-0.05, 0) is 25.8 Å². The van der Waals surface area contributed by atoms with Crippen LogP contribution in [0.15, 0.2) is 6.07 Å². The monoisotopic (exact) mass is 292 g/mol. The van der Waals surface area contributed by atoms with E-state index in [1.807, 2.05) is 7.05 Å². The molecule has 0 radical (unpaired) electrons. The highest BCUT2D eigenvalue weighted by Crippen LogP contribution is 2.30. The molecule has 1 atom stereocenters. The number of unbranched alkanes of at least 4 members (excludes halogenated alkanes) is 1. The number of rotatable bonds is 7. The van der Waals surface area contributed by atoms with Crippen LogP contribution < -0.4 is 10.6 Å². The molecule has 0 bridgehead atoms. The van der Waals surface area contributed by atoms with Crippen molar-refractivity contribution in [3.8, 4) is 0 Å². The van der Waals surface area contributed by atoms with Crippen LogP contribution in [-0.4, -0.2) is 23.1 Å². The Morgan fingerprint density at radius 1 is 1.30 bits per heavy atom. The van der Waals surface area contributed by atoms with Crippen LogP contribution in [0.5, 0.6) is 0 Å². The molecule has 0 aliphatic rings. The smallest absolute Gasteiger partial charge is 0.225 e. The van der Waals surface area contributed by atoms with Crippen LogP contribution in [0.25, 0.3) is 10.2 Å². The standard InChI is InChI=1S/C15H24N4S/c1-5-7-8-10(3)17-13-12-9-11(6-2)20-14(12)19-15(16-4)18-13/h9-10H,5-8H2,1-4H3,(H2,16,17,18,19). The van der Waals surface area contributed by atoms with Crippen molar-refractivity contribution in [3.63, 3.8) is 0 Å². The third kappa shape index (κ3) is 3.39. The fourth-order valence-corrected chi connectivity index (χ4v) is 3.15. The van der Waals surface area contributed by atoms with Crippen molar-refractivity contribution in [1.29, 1.82) is 0 Å². The van der Waals surface area contributed by atoms with E-state index in [1.54, 1.807) is 11.3 Å². The van der Waals surface area contributed by atoms with Gasteiger partial charge < -0.3 is 10.6 Å². The lowest BCUT2D eigenvalue weighted by molar-refractivity contribution is 0.644. The zero-order valence-electron chi connectivity index (χ0n) is 12.8. The number of nitrogens with one attached hydrogen (secondary N) is 2. The van der Waals surface area contributed by atoms with E-state index in [0.717, 1.165) is 22.5 Å². The molecule has 2 N–H and O–H groups in total. The van der Waals surface area contributed by atoms with E-state index in [0.29, 0.717) is 12.0 Å². The van der Waals surface area contributed by atoms with Gasteiger partial charge in [0.15, 0.2) is 0 Å². The number of hydrogen-bond acceptors (Lipinski definition) is 5. The molecule has 0 amide bonds. The Morgan fingerprint density at radius 3 is 2.75 bits per heavy atom. The molecule has 0 aliphatic heterocycles. The summed E-state index contributed by atoms with van der Waals surface area (Å²) in [6, 6.07) is 2.65. The minimum Gasteiger partial charge on any atom is -0.367 e. The number of thiophene rings is 1. The predicted octanol–water partition coefficient (Wildman–Crippen LogP) is 4.29. The molecule has 0 aliphatic carbocycles. The van der Waals surface area contributed by atoms with E-state index in [9.17, 15) is 0 Å². The van der Waals surface area contributed by atoms with Gasteiger partial charge in [0.1, 0.15) is 10.6 Å². The quantitative estimate of drug-likeness (QED) is 0.799. The number of fused-ring (bicyclic) bond motifs is 1. The van der Waals surface area contributed by atoms with Gasteiger partial charge in [-0.3, -0.25) is 0 Å². The van der Waals surface area contributed by atoms with E-state index >= 15 is 0 Å². The molecule has 0 spiro atoms. The predicted molar refractivity (Wildman–Crippen MR) is 88.9 cm³/mol. The zero-order valence-corrected chi connectivity index (χ0v) is 13.6. The molecule has 1 unspecified atom stereocenters. The summed E-state index contributed by atoms with van der Waals surface area (Å²) in [5, 5.41) is 7.74. The summed E-state index contributed by atoms with van der Waals surface area (Å²) in [5.41, 5.74) is 0. The van der Waals surface area contributed by atoms with Gasteiger partial charge in [-0.25, -0.2) is 4.98 Å². The van der Waals surface area contributed by atoms with Gasteiger partial charge in [-0.2, -0.15) is 4.98 Å². The Bertz CT molecular complexity index is 564. The van der Waals surface area contributed by atoms with Crippen LogP contribution in [0.1, 0.15) is 44.9 Å². The van der Waals surface area contributed by atoms with Gasteiger partial charge in [0.25, 0.3) is 0 Å². The fourth-order valence-electron chi connectivity index (χ4n) is 2.18. The summed E-state index contributed by atoms with van der Waals surface area (Å²) in [5.74, 6) is 1.64. The molecule has 2 aromatic rings. The number of nitrogens with zero attached hydrogens (tertiary/aromatic N) is 2. The Labute approximate surface area is 125 Å². The third-order valence-electron chi connectivity index (χ3n) is 3.39. The first-order valence-electron chi connectivity index (χ1n) is 7.42. The maximum Gasteiger partial charge on any atom is 0.225 e. The zero-order chi connectivity index (χ0) is 14.5. The molecule has 4 nitrogen and oxygen atoms in total. The molecular formula is C15H24N4S. The van der Waals surface area contributed by atoms with Crippen molar-refractivity contribution in [1.82, 2.24) is 9.97 Å². The second-order valence-electron chi connectivity index (χ2n) is 5.12. The third-order valence-corrected chi connectivity index (χ3v) is 4.56. The Balaban J connectivity index is 2.31. The fraction of sp³-hybridized carbons (Fsp3) is 0.600. The van der Waals surface area contributed by atoms with E-state index in [2.05, 4.69) is 47.4 Å². The van der Waals surface area contributed by atoms with Crippen LogP contribution in [0.3, 0.4) is 0 Å². The topological polar surface area (TPSA) is 49.8 Å². The summed E-state index contributed by atoms with van der Waals surface area (Å²) in [4.78, 5) is 11.6. The summed E-state index contributed by atoms with van der Waals surface area (Å²) in [6.45, 7) is 6.62. The lowest BCUT2D eigenvalue weighted by Crippen LogP contribution is -2.16. The maximum absolute atomic E-state index is 4.59. The highest BCUT2D eigenvalue weighted by atomic mass is 32.1. The summed E-state index contributed by atoms with van der Waals surface area (Å²) in [7, 11) is 1.86. The van der Waals surface area contributed by atoms with Gasteiger partial charge in [-0.1, -0.05) is 26.7 Å². The Hall–Kier alpha value is -1.36. The second-order valence-corrected chi connectivity index (χ2v) is 6.23. The summed E-state index contributed by atoms with van der Waals surface area (Å²) >= 11 is 1.75. The van der Waals surface area contributed by atoms with Crippen LogP contribution in [-0.2, 0) is 6.42 Å². The molecule has 2 heterocycles. The minimum atomic E-state index is 0.433. The van der Waals surface area contributed by atoms with Crippen molar-refractivity contribution in [2.24, 2.45) is 0 Å². The van der Waals surface area contributed by atoms with Crippen molar-refractivity contribution in [2.45, 2.75) is 52.5 Å². The van der Waals surface area contributed by atoms with Crippen LogP contribution in [0.2, 0.25) is 0 Å². The van der Waals surface area contributed by atoms with Crippen molar-refractivity contribution in [3.05, 3.63) is 10.9 Å². The maximum atomic E-state index is 4.59. The first-order valence-corrected chi connectivity index (χ1v) is 8.24. The highest BCUT2D eigenvalue weighted by molar-refractivity contribution is 7.18. The molecule has 0 saturated heterocycles. The number of hydrogen-bond donors (Lipinski definition) is 2. The number of anilines is 2. The molecule has 0 aromatic carbocycles. The van der Waals surface area contributed by atoms with Crippen molar-refractivity contribution >= 4 is 33.3 Å². The largest absolute Gasteiger partial charge is 0.367 e. The average Bonchev–Trinajstić information content (AvgIpc) is 2.88. The first-order chi connectivity index (χ1) is 9.67. The van der Waals surface area contributed by atoms with Crippen molar-refractivity contribution < 1.29 is 0 Å². The van der Waals surface area contributed by atoms with Gasteiger partial charge in [-0.15, -0.1) is 11.3 Å². The number of aryl methyl sites for hydroxylation is 1. The van der Waals surface area contributed by atoms with Gasteiger partial charge in [0.2, 0.25) is 5.95 Å². The van der Waals surface area contributed by atoms with Gasteiger partial charge in [0.05, 0.1) is 5.39 Å². The Kier molecular flexibility index (Phi) is 5.17. The molecule has 2 aromatic heterocycles. The minimum absolute atomic E-state index is 0.433. The summed E-state index contributed by atoms with van der Waals surface area (Å²) < 4.78 is 0. The molecule has 20 heavy (non-hydrogen) atoms. The van der Waals surface area contributed by atoms with E-state index in [-0.39, 0.29) is 0 Å². The lowest BCUT2D eigenvalue weighted by Gasteiger charge is -2.15. The molecular weight excluding hydrogens is 268 g/mol. The second kappa shape index (κ2) is 6.88. The summed E-state index contributed by atoms with van der Waals surface area (Å²) in [6.07, 6.45) is 4.68. The lowest BCUT2D eigenvalue weighted by atomic mass is 10.1. The van der Waals surface area contributed by atoms with E-state index in [4.69, 9.17) is 0 Å². The van der Waals surface area contributed by atoms with E-state index in [1.165, 1.54) is 24.1 Å². The van der Waals surface area contributed by atoms with Crippen LogP contribution >= 0.6 is 11.3 Å². The molecule has 110 valence electrons. The molecule has 0 saturated carbocycles. The van der Waals surface area contributed by atoms with E-state index < -0.39 is 0 Å². The SMILES string of the molecule is CCCCC(C)Nc1nc(NC)nc2sc(CC)cc12. The van der Waals surface area contributed by atoms with Crippen LogP contribution in [0.4, 0.5) is 11.8 Å². The average molecular weight is 292 g/mol. The normalized spacial score (nSPS) is 12.6. The first kappa shape index (κ1) is 15.0. The molecule has 0 fully saturated rings. The number of aromatic nitrogens is 2. The molecule has 2 rings (SSSR count). The van der Waals surface area contributed by atoms with Crippen LogP contribution in [0, 0.1) is 0 Å². The van der Waals surface area contributed by atoms with Gasteiger partial charge in [0, 0.05) is 18.0 Å². The molecule has 5 heteroatoms. The Morgan fingerprint density at radius 2 is 2.10 bits per heavy atom. The van der Waals surface area contributed by atoms with Gasteiger partial charge >= 0.3 is 0 Å².